The number of carbonyl (C=O) groups excluding carboxylic acids is 1. The number of carboxylic acids is 1. The lowest BCUT2D eigenvalue weighted by Crippen LogP contribution is -2.28. The van der Waals surface area contributed by atoms with Crippen LogP contribution in [0.25, 0.3) is 0 Å². The molecule has 37 heavy (non-hydrogen) atoms. The quantitative estimate of drug-likeness (QED) is 0.209. The third-order valence-electron chi connectivity index (χ3n) is 7.47. The summed E-state index contributed by atoms with van der Waals surface area (Å²) in [4.78, 5) is 22.5. The van der Waals surface area contributed by atoms with Crippen LogP contribution in [0.15, 0.2) is 18.2 Å². The molecule has 5 atom stereocenters. The maximum atomic E-state index is 12.1. The summed E-state index contributed by atoms with van der Waals surface area (Å²) in [6.07, 6.45) is 5.15. The number of aliphatic carboxylic acids is 1. The number of ether oxygens (including phenoxy) is 4. The molecule has 208 valence electrons. The summed E-state index contributed by atoms with van der Waals surface area (Å²) in [5.41, 5.74) is 2.32. The van der Waals surface area contributed by atoms with Crippen molar-refractivity contribution in [2.75, 3.05) is 39.6 Å². The van der Waals surface area contributed by atoms with E-state index in [-0.39, 0.29) is 57.6 Å². The number of fused-ring (bicyclic) bond motifs is 2. The second-order valence-corrected chi connectivity index (χ2v) is 10.1. The second-order valence-electron chi connectivity index (χ2n) is 10.1. The number of benzene rings is 1. The predicted molar refractivity (Wildman–Crippen MR) is 135 cm³/mol. The zero-order valence-corrected chi connectivity index (χ0v) is 21.8. The van der Waals surface area contributed by atoms with E-state index in [0.717, 1.165) is 50.5 Å². The smallest absolute Gasteiger partial charge is 0.344 e. The first-order chi connectivity index (χ1) is 17.9. The van der Waals surface area contributed by atoms with Crippen LogP contribution in [0.2, 0.25) is 0 Å². The van der Waals surface area contributed by atoms with Gasteiger partial charge in [-0.15, -0.1) is 0 Å². The van der Waals surface area contributed by atoms with Crippen molar-refractivity contribution in [1.82, 2.24) is 0 Å². The fraction of sp³-hybridized carbons (Fsp3) is 0.714. The average molecular weight is 523 g/mol. The molecule has 0 saturated heterocycles. The van der Waals surface area contributed by atoms with Crippen molar-refractivity contribution < 1.29 is 43.9 Å². The van der Waals surface area contributed by atoms with Crippen LogP contribution in [0, 0.1) is 17.8 Å². The summed E-state index contributed by atoms with van der Waals surface area (Å²) in [6.45, 7) is 2.91. The van der Waals surface area contributed by atoms with Crippen LogP contribution in [0.5, 0.6) is 5.75 Å². The monoisotopic (exact) mass is 522 g/mol. The van der Waals surface area contributed by atoms with Gasteiger partial charge in [0, 0.05) is 0 Å². The van der Waals surface area contributed by atoms with Gasteiger partial charge in [-0.1, -0.05) is 25.5 Å². The Morgan fingerprint density at radius 2 is 1.81 bits per heavy atom. The normalized spacial score (nSPS) is 23.2. The summed E-state index contributed by atoms with van der Waals surface area (Å²) in [5.74, 6) is 0.295. The molecule has 0 heterocycles. The maximum absolute atomic E-state index is 12.1. The predicted octanol–water partition coefficient (Wildman–Crippen LogP) is 2.77. The lowest BCUT2D eigenvalue weighted by molar-refractivity contribution is -0.147. The van der Waals surface area contributed by atoms with Gasteiger partial charge in [0.25, 0.3) is 0 Å². The zero-order chi connectivity index (χ0) is 26.6. The first-order valence-corrected chi connectivity index (χ1v) is 13.5. The van der Waals surface area contributed by atoms with E-state index in [9.17, 15) is 19.8 Å². The lowest BCUT2D eigenvalue weighted by atomic mass is 9.73. The highest BCUT2D eigenvalue weighted by Crippen LogP contribution is 2.48. The van der Waals surface area contributed by atoms with Crippen LogP contribution in [0.3, 0.4) is 0 Å². The van der Waals surface area contributed by atoms with Crippen LogP contribution in [0.1, 0.15) is 56.6 Å². The minimum absolute atomic E-state index is 0.0456. The number of carbonyl (C=O) groups is 2. The molecule has 0 spiro atoms. The lowest BCUT2D eigenvalue weighted by Gasteiger charge is -2.32. The zero-order valence-electron chi connectivity index (χ0n) is 21.8. The van der Waals surface area contributed by atoms with E-state index in [0.29, 0.717) is 24.2 Å². The highest BCUT2D eigenvalue weighted by atomic mass is 16.6. The van der Waals surface area contributed by atoms with Crippen LogP contribution in [-0.2, 0) is 36.6 Å². The minimum Gasteiger partial charge on any atom is -0.482 e. The Kier molecular flexibility index (Phi) is 12.1. The summed E-state index contributed by atoms with van der Waals surface area (Å²) < 4.78 is 21.4. The molecule has 1 saturated carbocycles. The maximum Gasteiger partial charge on any atom is 0.344 e. The molecule has 3 rings (SSSR count). The van der Waals surface area contributed by atoms with Gasteiger partial charge in [-0.25, -0.2) is 4.79 Å². The van der Waals surface area contributed by atoms with E-state index >= 15 is 0 Å². The summed E-state index contributed by atoms with van der Waals surface area (Å²) >= 11 is 0. The van der Waals surface area contributed by atoms with Crippen molar-refractivity contribution in [3.63, 3.8) is 0 Å². The number of carboxylic acid groups (broad SMARTS) is 1. The Bertz CT molecular complexity index is 858. The number of rotatable bonds is 17. The third-order valence-corrected chi connectivity index (χ3v) is 7.47. The first-order valence-electron chi connectivity index (χ1n) is 13.5. The minimum atomic E-state index is -0.907. The molecular weight excluding hydrogens is 480 g/mol. The number of aliphatic hydroxyl groups excluding tert-OH is 2. The van der Waals surface area contributed by atoms with Gasteiger partial charge in [0.1, 0.15) is 12.4 Å². The standard InChI is InChI=1S/C28H42O9/c1-2-4-21(29)7-8-22-23-15-19-5-3-6-26(24(19)16-20(23)17-25(22)30)37-18-28(33)36-14-13-35-12-11-34-10-9-27(31)32/h3,5-6,20-23,25,29-30H,2,4,7-18H2,1H3,(H,31,32)/t20-,21-,22+,23-,25+/m0/s1. The molecule has 0 aliphatic heterocycles. The van der Waals surface area contributed by atoms with Gasteiger partial charge in [0.2, 0.25) is 0 Å². The molecule has 1 aromatic rings. The number of esters is 1. The van der Waals surface area contributed by atoms with Crippen LogP contribution in [-0.4, -0.2) is 79.1 Å². The topological polar surface area (TPSA) is 132 Å². The van der Waals surface area contributed by atoms with E-state index in [4.69, 9.17) is 24.1 Å². The Hall–Kier alpha value is -2.20. The van der Waals surface area contributed by atoms with Crippen LogP contribution < -0.4 is 4.74 Å². The SMILES string of the molecule is CCC[C@H](O)CC[C@@H]1[C@H]2Cc3cccc(OCC(=O)OCCOCCOCCC(=O)O)c3C[C@H]2C[C@H]1O. The molecule has 3 N–H and O–H groups in total. The van der Waals surface area contributed by atoms with Gasteiger partial charge in [0.05, 0.1) is 45.1 Å². The van der Waals surface area contributed by atoms with Crippen molar-refractivity contribution in [3.05, 3.63) is 29.3 Å². The molecular formula is C28H42O9. The Labute approximate surface area is 219 Å². The first kappa shape index (κ1) is 29.4. The van der Waals surface area contributed by atoms with Crippen molar-refractivity contribution in [3.8, 4) is 5.75 Å². The summed E-state index contributed by atoms with van der Waals surface area (Å²) in [7, 11) is 0. The Morgan fingerprint density at radius 1 is 1.05 bits per heavy atom. The molecule has 9 nitrogen and oxygen atoms in total. The van der Waals surface area contributed by atoms with Gasteiger partial charge >= 0.3 is 11.9 Å². The highest BCUT2D eigenvalue weighted by molar-refractivity contribution is 5.71. The Balaban J connectivity index is 1.40. The second kappa shape index (κ2) is 15.3. The number of hydrogen-bond donors (Lipinski definition) is 3. The van der Waals surface area contributed by atoms with E-state index in [1.807, 2.05) is 12.1 Å². The van der Waals surface area contributed by atoms with Gasteiger partial charge in [0.15, 0.2) is 6.61 Å². The fourth-order valence-corrected chi connectivity index (χ4v) is 5.68. The largest absolute Gasteiger partial charge is 0.482 e. The molecule has 0 radical (unpaired) electrons. The van der Waals surface area contributed by atoms with Crippen LogP contribution >= 0.6 is 0 Å². The van der Waals surface area contributed by atoms with Gasteiger partial charge in [-0.3, -0.25) is 4.79 Å². The van der Waals surface area contributed by atoms with Crippen molar-refractivity contribution >= 4 is 11.9 Å². The molecule has 0 bridgehead atoms. The molecule has 2 aliphatic carbocycles. The van der Waals surface area contributed by atoms with Gasteiger partial charge in [-0.05, 0) is 73.5 Å². The van der Waals surface area contributed by atoms with Gasteiger partial charge in [-0.2, -0.15) is 0 Å². The van der Waals surface area contributed by atoms with Gasteiger partial charge < -0.3 is 34.3 Å². The molecule has 0 aromatic heterocycles. The Morgan fingerprint density at radius 3 is 2.57 bits per heavy atom. The molecule has 1 aromatic carbocycles. The molecule has 0 unspecified atom stereocenters. The average Bonchev–Trinajstić information content (AvgIpc) is 3.17. The molecule has 9 heteroatoms. The van der Waals surface area contributed by atoms with E-state index in [2.05, 4.69) is 13.0 Å². The molecule has 1 fully saturated rings. The van der Waals surface area contributed by atoms with E-state index < -0.39 is 11.9 Å². The molecule has 0 amide bonds. The molecule has 2 aliphatic rings. The van der Waals surface area contributed by atoms with Crippen molar-refractivity contribution in [1.29, 1.82) is 0 Å². The summed E-state index contributed by atoms with van der Waals surface area (Å²) in [5, 5.41) is 29.5. The van der Waals surface area contributed by atoms with E-state index in [1.165, 1.54) is 5.56 Å². The number of hydrogen-bond acceptors (Lipinski definition) is 8. The van der Waals surface area contributed by atoms with Crippen LogP contribution in [0.4, 0.5) is 0 Å². The van der Waals surface area contributed by atoms with Crippen molar-refractivity contribution in [2.45, 2.75) is 70.5 Å². The summed E-state index contributed by atoms with van der Waals surface area (Å²) in [6, 6.07) is 5.93. The van der Waals surface area contributed by atoms with Crippen molar-refractivity contribution in [2.24, 2.45) is 17.8 Å². The van der Waals surface area contributed by atoms with E-state index in [1.54, 1.807) is 0 Å². The number of aliphatic hydroxyl groups is 2. The third kappa shape index (κ3) is 9.25. The fourth-order valence-electron chi connectivity index (χ4n) is 5.68. The highest BCUT2D eigenvalue weighted by Gasteiger charge is 2.44.